The minimum atomic E-state index is -4.17. The summed E-state index contributed by atoms with van der Waals surface area (Å²) in [4.78, 5) is 21.8. The maximum atomic E-state index is 12.0. The standard InChI is InChI=1S/C10H18N2O7S/c1-10(2,17)7(9(15)16)11-20(18,19)12-4-3-6(5-12)8(13)14/h6-7,11,17H,3-5H2,1-2H3,(H,13,14)(H,15,16)/t6?,7-/m1/s1. The molecule has 0 aromatic rings. The van der Waals surface area contributed by atoms with E-state index in [1.54, 1.807) is 0 Å². The van der Waals surface area contributed by atoms with Crippen LogP contribution in [-0.2, 0) is 19.8 Å². The van der Waals surface area contributed by atoms with Gasteiger partial charge in [-0.2, -0.15) is 17.4 Å². The third kappa shape index (κ3) is 3.88. The van der Waals surface area contributed by atoms with Crippen molar-refractivity contribution in [1.29, 1.82) is 0 Å². The second kappa shape index (κ2) is 5.64. The van der Waals surface area contributed by atoms with Gasteiger partial charge in [0.15, 0.2) is 0 Å². The topological polar surface area (TPSA) is 144 Å². The Morgan fingerprint density at radius 3 is 2.25 bits per heavy atom. The number of carboxylic acid groups (broad SMARTS) is 2. The average molecular weight is 310 g/mol. The monoisotopic (exact) mass is 310 g/mol. The molecule has 9 nitrogen and oxygen atoms in total. The van der Waals surface area contributed by atoms with E-state index in [2.05, 4.69) is 0 Å². The van der Waals surface area contributed by atoms with E-state index in [1.165, 1.54) is 13.8 Å². The van der Waals surface area contributed by atoms with Gasteiger partial charge in [-0.1, -0.05) is 0 Å². The Labute approximate surface area is 116 Å². The maximum Gasteiger partial charge on any atom is 0.324 e. The molecule has 1 aliphatic rings. The third-order valence-corrected chi connectivity index (χ3v) is 4.61. The number of nitrogens with zero attached hydrogens (tertiary/aromatic N) is 1. The lowest BCUT2D eigenvalue weighted by Crippen LogP contribution is -2.56. The number of hydrogen-bond acceptors (Lipinski definition) is 5. The number of nitrogens with one attached hydrogen (secondary N) is 1. The highest BCUT2D eigenvalue weighted by atomic mass is 32.2. The molecule has 4 N–H and O–H groups in total. The van der Waals surface area contributed by atoms with Crippen molar-refractivity contribution in [2.45, 2.75) is 31.9 Å². The molecule has 1 rings (SSSR count). The minimum Gasteiger partial charge on any atom is -0.481 e. The number of carbonyl (C=O) groups is 2. The van der Waals surface area contributed by atoms with Crippen LogP contribution in [0.15, 0.2) is 0 Å². The molecule has 0 saturated carbocycles. The van der Waals surface area contributed by atoms with Crippen LogP contribution in [0.4, 0.5) is 0 Å². The van der Waals surface area contributed by atoms with Crippen LogP contribution in [0.5, 0.6) is 0 Å². The van der Waals surface area contributed by atoms with Crippen LogP contribution in [0.25, 0.3) is 0 Å². The van der Waals surface area contributed by atoms with E-state index < -0.39 is 39.7 Å². The SMILES string of the molecule is CC(C)(O)[C@H](NS(=O)(=O)N1CCC(C(=O)O)C1)C(=O)O. The number of hydrogen-bond donors (Lipinski definition) is 4. The Morgan fingerprint density at radius 1 is 1.35 bits per heavy atom. The summed E-state index contributed by atoms with van der Waals surface area (Å²) in [6, 6.07) is -1.73. The van der Waals surface area contributed by atoms with E-state index in [-0.39, 0.29) is 19.5 Å². The van der Waals surface area contributed by atoms with Gasteiger partial charge < -0.3 is 15.3 Å². The first-order valence-corrected chi connectivity index (χ1v) is 7.34. The van der Waals surface area contributed by atoms with Crippen LogP contribution in [-0.4, -0.2) is 64.7 Å². The molecular weight excluding hydrogens is 292 g/mol. The number of rotatable bonds is 6. The third-order valence-electron chi connectivity index (χ3n) is 3.06. The zero-order valence-electron chi connectivity index (χ0n) is 11.1. The lowest BCUT2D eigenvalue weighted by molar-refractivity contribution is -0.145. The number of carboxylic acids is 2. The Morgan fingerprint density at radius 2 is 1.90 bits per heavy atom. The molecule has 1 aliphatic heterocycles. The summed E-state index contributed by atoms with van der Waals surface area (Å²) in [6.07, 6.45) is 0.163. The Bertz CT molecular complexity index is 496. The van der Waals surface area contributed by atoms with Gasteiger partial charge in [0.1, 0.15) is 6.04 Å². The predicted octanol–water partition coefficient (Wildman–Crippen LogP) is -1.55. The Kier molecular flexibility index (Phi) is 4.74. The highest BCUT2D eigenvalue weighted by Crippen LogP contribution is 2.20. The molecule has 0 aromatic heterocycles. The van der Waals surface area contributed by atoms with Crippen molar-refractivity contribution in [1.82, 2.24) is 9.03 Å². The second-order valence-electron chi connectivity index (χ2n) is 5.23. The molecule has 1 heterocycles. The van der Waals surface area contributed by atoms with E-state index in [0.717, 1.165) is 4.31 Å². The Hall–Kier alpha value is -1.23. The van der Waals surface area contributed by atoms with Gasteiger partial charge >= 0.3 is 11.9 Å². The molecule has 1 saturated heterocycles. The molecule has 0 bridgehead atoms. The van der Waals surface area contributed by atoms with Crippen LogP contribution >= 0.6 is 0 Å². The van der Waals surface area contributed by atoms with Crippen LogP contribution in [0.1, 0.15) is 20.3 Å². The van der Waals surface area contributed by atoms with Crippen molar-refractivity contribution in [3.05, 3.63) is 0 Å². The normalized spacial score (nSPS) is 22.6. The first kappa shape index (κ1) is 16.8. The van der Waals surface area contributed by atoms with Gasteiger partial charge in [-0.15, -0.1) is 0 Å². The summed E-state index contributed by atoms with van der Waals surface area (Å²) in [7, 11) is -4.17. The largest absolute Gasteiger partial charge is 0.481 e. The fraction of sp³-hybridized carbons (Fsp3) is 0.800. The fourth-order valence-electron chi connectivity index (χ4n) is 1.87. The van der Waals surface area contributed by atoms with Gasteiger partial charge in [-0.3, -0.25) is 9.59 Å². The van der Waals surface area contributed by atoms with E-state index >= 15 is 0 Å². The van der Waals surface area contributed by atoms with Gasteiger partial charge in [-0.05, 0) is 20.3 Å². The molecule has 0 spiro atoms. The van der Waals surface area contributed by atoms with Gasteiger partial charge in [0, 0.05) is 13.1 Å². The molecule has 1 fully saturated rings. The number of aliphatic hydroxyl groups is 1. The van der Waals surface area contributed by atoms with Crippen molar-refractivity contribution in [2.24, 2.45) is 5.92 Å². The lowest BCUT2D eigenvalue weighted by Gasteiger charge is -2.28. The summed E-state index contributed by atoms with van der Waals surface area (Å²) in [5, 5.41) is 27.4. The van der Waals surface area contributed by atoms with Gasteiger partial charge in [0.25, 0.3) is 10.2 Å². The zero-order valence-corrected chi connectivity index (χ0v) is 11.9. The van der Waals surface area contributed by atoms with Crippen LogP contribution < -0.4 is 4.72 Å². The molecule has 1 unspecified atom stereocenters. The number of aliphatic carboxylic acids is 2. The van der Waals surface area contributed by atoms with Crippen molar-refractivity contribution < 1.29 is 33.3 Å². The molecule has 20 heavy (non-hydrogen) atoms. The quantitative estimate of drug-likeness (QED) is 0.465. The van der Waals surface area contributed by atoms with Crippen LogP contribution in [0, 0.1) is 5.92 Å². The van der Waals surface area contributed by atoms with Gasteiger partial charge in [-0.25, -0.2) is 0 Å². The first-order chi connectivity index (χ1) is 8.95. The van der Waals surface area contributed by atoms with E-state index in [1.807, 2.05) is 4.72 Å². The lowest BCUT2D eigenvalue weighted by atomic mass is 10.0. The molecule has 0 radical (unpaired) electrons. The van der Waals surface area contributed by atoms with Crippen LogP contribution in [0.3, 0.4) is 0 Å². The van der Waals surface area contributed by atoms with E-state index in [9.17, 15) is 23.1 Å². The minimum absolute atomic E-state index is 0.00943. The summed E-state index contributed by atoms with van der Waals surface area (Å²) in [5.41, 5.74) is -1.80. The fourth-order valence-corrected chi connectivity index (χ4v) is 3.43. The van der Waals surface area contributed by atoms with Crippen molar-refractivity contribution >= 4 is 22.1 Å². The molecule has 2 atom stereocenters. The van der Waals surface area contributed by atoms with Gasteiger partial charge in [0.2, 0.25) is 0 Å². The summed E-state index contributed by atoms with van der Waals surface area (Å²) < 4.78 is 26.8. The molecule has 0 aromatic carbocycles. The van der Waals surface area contributed by atoms with Crippen LogP contribution in [0.2, 0.25) is 0 Å². The van der Waals surface area contributed by atoms with E-state index in [4.69, 9.17) is 10.2 Å². The summed E-state index contributed by atoms with van der Waals surface area (Å²) in [5.74, 6) is -3.42. The molecule has 0 amide bonds. The zero-order chi connectivity index (χ0) is 15.7. The highest BCUT2D eigenvalue weighted by molar-refractivity contribution is 7.87. The smallest absolute Gasteiger partial charge is 0.324 e. The molecule has 116 valence electrons. The van der Waals surface area contributed by atoms with Gasteiger partial charge in [0.05, 0.1) is 11.5 Å². The molecule has 10 heteroatoms. The maximum absolute atomic E-state index is 12.0. The first-order valence-electron chi connectivity index (χ1n) is 5.90. The molecular formula is C10H18N2O7S. The Balaban J connectivity index is 2.85. The average Bonchev–Trinajstić information content (AvgIpc) is 2.73. The van der Waals surface area contributed by atoms with E-state index in [0.29, 0.717) is 0 Å². The highest BCUT2D eigenvalue weighted by Gasteiger charge is 2.41. The molecule has 0 aliphatic carbocycles. The van der Waals surface area contributed by atoms with Crippen molar-refractivity contribution in [2.75, 3.05) is 13.1 Å². The summed E-state index contributed by atoms with van der Waals surface area (Å²) in [6.45, 7) is 2.10. The second-order valence-corrected chi connectivity index (χ2v) is 6.93. The van der Waals surface area contributed by atoms with Crippen molar-refractivity contribution in [3.63, 3.8) is 0 Å². The summed E-state index contributed by atoms with van der Waals surface area (Å²) >= 11 is 0. The predicted molar refractivity (Wildman–Crippen MR) is 67.1 cm³/mol. The van der Waals surface area contributed by atoms with Crippen molar-refractivity contribution in [3.8, 4) is 0 Å².